The van der Waals surface area contributed by atoms with Gasteiger partial charge in [-0.05, 0) is 68.3 Å². The second-order valence-corrected chi connectivity index (χ2v) is 11.7. The van der Waals surface area contributed by atoms with Crippen molar-refractivity contribution in [2.45, 2.75) is 70.6 Å². The molecule has 11 heteroatoms. The van der Waals surface area contributed by atoms with Gasteiger partial charge in [0.1, 0.15) is 0 Å². The number of aliphatic hydroxyl groups excluding tert-OH is 3. The van der Waals surface area contributed by atoms with Crippen molar-refractivity contribution in [3.8, 4) is 0 Å². The van der Waals surface area contributed by atoms with Gasteiger partial charge in [0.2, 0.25) is 11.8 Å². The Bertz CT molecular complexity index is 1270. The van der Waals surface area contributed by atoms with Gasteiger partial charge in [-0.15, -0.1) is 0 Å². The van der Waals surface area contributed by atoms with Crippen molar-refractivity contribution < 1.29 is 29.8 Å². The third kappa shape index (κ3) is 7.71. The Hall–Kier alpha value is -3.64. The molecule has 2 aromatic rings. The summed E-state index contributed by atoms with van der Waals surface area (Å²) in [7, 11) is 0. The monoisotopic (exact) mass is 610 g/mol. The summed E-state index contributed by atoms with van der Waals surface area (Å²) in [5, 5.41) is 47.1. The van der Waals surface area contributed by atoms with Crippen LogP contribution in [-0.2, 0) is 16.0 Å². The fraction of sp³-hybridized carbons (Fsp3) is 0.515. The molecule has 0 bridgehead atoms. The number of primary amides is 1. The molecule has 0 aliphatic heterocycles. The molecule has 6 N–H and O–H groups in total. The molecule has 3 unspecified atom stereocenters. The molecule has 3 rings (SSSR count). The Morgan fingerprint density at radius 1 is 1.11 bits per heavy atom. The number of nitrogens with one attached hydrogen (secondary N) is 1. The smallest absolute Gasteiger partial charge is 0.269 e. The molecule has 0 fully saturated rings. The van der Waals surface area contributed by atoms with E-state index < -0.39 is 46.5 Å². The largest absolute Gasteiger partial charge is 0.395 e. The number of nitro groups is 1. The van der Waals surface area contributed by atoms with E-state index in [1.165, 1.54) is 24.3 Å². The second-order valence-electron chi connectivity index (χ2n) is 11.7. The van der Waals surface area contributed by atoms with Crippen molar-refractivity contribution in [3.05, 3.63) is 88.0 Å². The lowest BCUT2D eigenvalue weighted by Crippen LogP contribution is -2.61. The number of nitrogens with zero attached hydrogens (tertiary/aromatic N) is 2. The van der Waals surface area contributed by atoms with Gasteiger partial charge in [0.15, 0.2) is 0 Å². The number of benzene rings is 2. The topological polar surface area (TPSA) is 179 Å². The molecule has 2 aromatic carbocycles. The van der Waals surface area contributed by atoms with E-state index in [1.54, 1.807) is 17.1 Å². The maximum Gasteiger partial charge on any atom is 0.269 e. The summed E-state index contributed by atoms with van der Waals surface area (Å²) >= 11 is 0. The predicted octanol–water partition coefficient (Wildman–Crippen LogP) is 3.03. The Kier molecular flexibility index (Phi) is 12.6. The van der Waals surface area contributed by atoms with E-state index in [0.29, 0.717) is 25.1 Å². The Balaban J connectivity index is 1.86. The Morgan fingerprint density at radius 2 is 1.75 bits per heavy atom. The number of hydrogen-bond donors (Lipinski definition) is 5. The molecule has 5 atom stereocenters. The van der Waals surface area contributed by atoms with Crippen LogP contribution in [0.3, 0.4) is 0 Å². The maximum atomic E-state index is 14.4. The first-order valence-electron chi connectivity index (χ1n) is 15.3. The minimum absolute atomic E-state index is 0.107. The van der Waals surface area contributed by atoms with Crippen LogP contribution in [0.25, 0.3) is 0 Å². The van der Waals surface area contributed by atoms with E-state index >= 15 is 0 Å². The van der Waals surface area contributed by atoms with Gasteiger partial charge in [-0.25, -0.2) is 0 Å². The summed E-state index contributed by atoms with van der Waals surface area (Å²) in [6.45, 7) is 4.87. The third-order valence-electron chi connectivity index (χ3n) is 8.64. The quantitative estimate of drug-likeness (QED) is 0.0785. The number of non-ortho nitro benzene ring substituents is 1. The number of allylic oxidation sites excluding steroid dienone is 1. The molecule has 0 radical (unpaired) electrons. The van der Waals surface area contributed by atoms with Gasteiger partial charge in [0.25, 0.3) is 5.69 Å². The van der Waals surface area contributed by atoms with E-state index in [0.717, 1.165) is 18.4 Å². The highest BCUT2D eigenvalue weighted by Gasteiger charge is 2.58. The normalized spacial score (nSPS) is 22.7. The molecular formula is C33H46N4O7. The van der Waals surface area contributed by atoms with Crippen molar-refractivity contribution in [1.82, 2.24) is 10.2 Å². The van der Waals surface area contributed by atoms with Crippen LogP contribution in [0.15, 0.2) is 66.7 Å². The first-order chi connectivity index (χ1) is 21.1. The van der Waals surface area contributed by atoms with E-state index in [9.17, 15) is 35.0 Å². The molecular weight excluding hydrogens is 564 g/mol. The molecule has 240 valence electrons. The number of nitrogens with two attached hydrogens (primary N) is 1. The number of rotatable bonds is 17. The van der Waals surface area contributed by atoms with E-state index in [-0.39, 0.29) is 37.4 Å². The van der Waals surface area contributed by atoms with Gasteiger partial charge in [-0.1, -0.05) is 56.3 Å². The molecule has 0 saturated heterocycles. The zero-order chi connectivity index (χ0) is 32.3. The first-order valence-corrected chi connectivity index (χ1v) is 15.3. The van der Waals surface area contributed by atoms with E-state index in [2.05, 4.69) is 5.32 Å². The van der Waals surface area contributed by atoms with Crippen LogP contribution >= 0.6 is 0 Å². The van der Waals surface area contributed by atoms with Crippen molar-refractivity contribution in [3.63, 3.8) is 0 Å². The van der Waals surface area contributed by atoms with Crippen molar-refractivity contribution in [2.75, 3.05) is 26.2 Å². The average molecular weight is 611 g/mol. The Labute approximate surface area is 258 Å². The second kappa shape index (κ2) is 15.9. The van der Waals surface area contributed by atoms with Crippen LogP contribution in [0.4, 0.5) is 5.69 Å². The summed E-state index contributed by atoms with van der Waals surface area (Å²) in [6.07, 6.45) is 3.37. The Morgan fingerprint density at radius 3 is 2.30 bits per heavy atom. The number of nitro benzene ring substituents is 1. The number of carbonyl (C=O) groups excluding carboxylic acids is 2. The van der Waals surface area contributed by atoms with E-state index in [1.807, 2.05) is 44.2 Å². The lowest BCUT2D eigenvalue weighted by atomic mass is 9.58. The molecule has 2 amide bonds. The van der Waals surface area contributed by atoms with Gasteiger partial charge >= 0.3 is 0 Å². The fourth-order valence-electron chi connectivity index (χ4n) is 6.28. The summed E-state index contributed by atoms with van der Waals surface area (Å²) in [5.41, 5.74) is 4.29. The van der Waals surface area contributed by atoms with Gasteiger partial charge in [0.05, 0.1) is 40.6 Å². The molecule has 1 aliphatic carbocycles. The van der Waals surface area contributed by atoms with Crippen LogP contribution in [0.5, 0.6) is 0 Å². The summed E-state index contributed by atoms with van der Waals surface area (Å²) < 4.78 is 0. The minimum Gasteiger partial charge on any atom is -0.395 e. The maximum absolute atomic E-state index is 14.4. The van der Waals surface area contributed by atoms with E-state index in [4.69, 9.17) is 5.73 Å². The van der Waals surface area contributed by atoms with Gasteiger partial charge in [-0.3, -0.25) is 19.7 Å². The molecule has 11 nitrogen and oxygen atoms in total. The highest BCUT2D eigenvalue weighted by atomic mass is 16.6. The minimum atomic E-state index is -1.49. The molecule has 0 aromatic heterocycles. The standard InChI is InChI=1S/C33H46N4O7/c1-3-20-36(21-4-2)31(42)32(16-8-17-33(29(32)40,30(34)41)22-24-10-6-5-7-11-24)18-9-19-35-27(23-38)28(39)25-12-14-26(15-13-25)37(43)44/h5-8,10-15,17,27-29,35,38-40H,3-4,9,16,18-23H2,1-2H3,(H2,34,41)/t27-,28?,29?,32?,33+/m0/s1. The van der Waals surface area contributed by atoms with Crippen LogP contribution in [-0.4, -0.2) is 75.3 Å². The summed E-state index contributed by atoms with van der Waals surface area (Å²) in [6, 6.07) is 14.0. The average Bonchev–Trinajstić information content (AvgIpc) is 3.02. The van der Waals surface area contributed by atoms with Crippen molar-refractivity contribution in [2.24, 2.45) is 16.6 Å². The third-order valence-corrected chi connectivity index (χ3v) is 8.64. The zero-order valence-electron chi connectivity index (χ0n) is 25.6. The highest BCUT2D eigenvalue weighted by molar-refractivity contribution is 5.89. The van der Waals surface area contributed by atoms with Gasteiger partial charge in [-0.2, -0.15) is 0 Å². The molecule has 0 heterocycles. The summed E-state index contributed by atoms with van der Waals surface area (Å²) in [4.78, 5) is 39.7. The number of hydrogen-bond acceptors (Lipinski definition) is 8. The fourth-order valence-corrected chi connectivity index (χ4v) is 6.28. The molecule has 0 spiro atoms. The lowest BCUT2D eigenvalue weighted by Gasteiger charge is -2.49. The summed E-state index contributed by atoms with van der Waals surface area (Å²) in [5.74, 6) is -0.925. The SMILES string of the molecule is CCCN(CCC)C(=O)C1(CCCN[C@@H](CO)C(O)c2ccc([N+](=O)[O-])cc2)CC=C[C@](Cc2ccccc2)(C(N)=O)C1O. The molecule has 0 saturated carbocycles. The zero-order valence-corrected chi connectivity index (χ0v) is 25.6. The number of amides is 2. The molecule has 44 heavy (non-hydrogen) atoms. The van der Waals surface area contributed by atoms with Crippen LogP contribution in [0.2, 0.25) is 0 Å². The van der Waals surface area contributed by atoms with Crippen molar-refractivity contribution >= 4 is 17.5 Å². The van der Waals surface area contributed by atoms with Gasteiger partial charge < -0.3 is 31.3 Å². The van der Waals surface area contributed by atoms with Crippen molar-refractivity contribution in [1.29, 1.82) is 0 Å². The first kappa shape index (κ1) is 34.8. The number of carbonyl (C=O) groups is 2. The lowest BCUT2D eigenvalue weighted by molar-refractivity contribution is -0.384. The van der Waals surface area contributed by atoms with Crippen LogP contribution in [0.1, 0.15) is 63.2 Å². The van der Waals surface area contributed by atoms with Crippen LogP contribution < -0.4 is 11.1 Å². The predicted molar refractivity (Wildman–Crippen MR) is 167 cm³/mol. The highest BCUT2D eigenvalue weighted by Crippen LogP contribution is 2.48. The number of aliphatic hydroxyl groups is 3. The van der Waals surface area contributed by atoms with Gasteiger partial charge in [0, 0.05) is 25.2 Å². The molecule has 1 aliphatic rings. The van der Waals surface area contributed by atoms with Crippen LogP contribution in [0, 0.1) is 20.9 Å².